The summed E-state index contributed by atoms with van der Waals surface area (Å²) in [5.74, 6) is -2.34. The van der Waals surface area contributed by atoms with Crippen molar-refractivity contribution in [2.45, 2.75) is 31.5 Å². The van der Waals surface area contributed by atoms with Crippen LogP contribution in [0.15, 0.2) is 53.1 Å². The minimum absolute atomic E-state index is 0.0414. The number of allylic oxidation sites excluding steroid dienone is 1. The summed E-state index contributed by atoms with van der Waals surface area (Å²) in [5.41, 5.74) is -0.234. The van der Waals surface area contributed by atoms with Crippen LogP contribution in [-0.2, 0) is 28.6 Å². The van der Waals surface area contributed by atoms with Gasteiger partial charge in [-0.15, -0.1) is 0 Å². The molecular formula is C20H22O6S. The molecule has 0 spiro atoms. The van der Waals surface area contributed by atoms with Crippen molar-refractivity contribution in [3.05, 3.63) is 53.8 Å². The molecule has 0 amide bonds. The lowest BCUT2D eigenvalue weighted by molar-refractivity contribution is -0.311. The Morgan fingerprint density at radius 3 is 2.44 bits per heavy atom. The van der Waals surface area contributed by atoms with Crippen LogP contribution in [0.5, 0.6) is 0 Å². The highest BCUT2D eigenvalue weighted by atomic mass is 32.2. The molecule has 4 bridgehead atoms. The number of Topliss-reactive ketones (excluding diaryl/α,β-unsaturated/α-hetero) is 1. The van der Waals surface area contributed by atoms with Crippen molar-refractivity contribution in [1.82, 2.24) is 0 Å². The number of methoxy groups -OCH3 is 1. The lowest BCUT2D eigenvalue weighted by Crippen LogP contribution is -2.75. The van der Waals surface area contributed by atoms with E-state index < -0.39 is 32.7 Å². The molecule has 27 heavy (non-hydrogen) atoms. The molecule has 7 heteroatoms. The molecule has 6 rings (SSSR count). The summed E-state index contributed by atoms with van der Waals surface area (Å²) in [6.45, 7) is 9.93. The van der Waals surface area contributed by atoms with Gasteiger partial charge >= 0.3 is 10.1 Å². The average molecular weight is 390 g/mol. The van der Waals surface area contributed by atoms with E-state index in [4.69, 9.17) is 13.7 Å². The first kappa shape index (κ1) is 18.4. The van der Waals surface area contributed by atoms with Crippen LogP contribution in [-0.4, -0.2) is 33.7 Å². The highest BCUT2D eigenvalue weighted by Gasteiger charge is 2.77. The summed E-state index contributed by atoms with van der Waals surface area (Å²) in [6.07, 6.45) is 1.60. The van der Waals surface area contributed by atoms with Gasteiger partial charge in [0.2, 0.25) is 11.6 Å². The second-order valence-electron chi connectivity index (χ2n) is 7.85. The van der Waals surface area contributed by atoms with Gasteiger partial charge in [-0.2, -0.15) is 8.42 Å². The Bertz CT molecular complexity index is 992. The molecule has 2 heterocycles. The van der Waals surface area contributed by atoms with Gasteiger partial charge in [0.05, 0.1) is 12.5 Å². The molecule has 0 N–H and O–H groups in total. The Hall–Kier alpha value is -1.96. The smallest absolute Gasteiger partial charge is 0.338 e. The van der Waals surface area contributed by atoms with E-state index >= 15 is 0 Å². The first-order valence-electron chi connectivity index (χ1n) is 8.70. The lowest BCUT2D eigenvalue weighted by atomic mass is 9.46. The van der Waals surface area contributed by atoms with Crippen molar-refractivity contribution in [2.75, 3.05) is 13.7 Å². The van der Waals surface area contributed by atoms with E-state index in [9.17, 15) is 13.2 Å². The summed E-state index contributed by atoms with van der Waals surface area (Å²) in [5, 5.41) is 0. The minimum atomic E-state index is -4.08. The van der Waals surface area contributed by atoms with Crippen LogP contribution in [0, 0.1) is 23.7 Å². The van der Waals surface area contributed by atoms with Gasteiger partial charge in [0.1, 0.15) is 16.1 Å². The minimum Gasteiger partial charge on any atom is -0.383 e. The molecule has 5 aliphatic rings. The zero-order valence-corrected chi connectivity index (χ0v) is 16.6. The molecule has 1 aromatic rings. The number of ketones is 1. The average Bonchev–Trinajstić information content (AvgIpc) is 2.61. The van der Waals surface area contributed by atoms with Crippen molar-refractivity contribution < 1.29 is 26.9 Å². The predicted octanol–water partition coefficient (Wildman–Crippen LogP) is 2.74. The second-order valence-corrected chi connectivity index (χ2v) is 9.40. The Balaban J connectivity index is 1.83. The standard InChI is InChI=1S/C20H22O6S/c1-12-6-8-14(9-7-12)27(22,23)26-16-10-15-17(21)20(24-5)19(16,4)13(2)18(15,3)11-25-20/h6-10,15H,2,11H2,1,3-5H3. The Morgan fingerprint density at radius 2 is 1.85 bits per heavy atom. The van der Waals surface area contributed by atoms with Crippen molar-refractivity contribution in [1.29, 1.82) is 0 Å². The van der Waals surface area contributed by atoms with Crippen molar-refractivity contribution in [3.63, 3.8) is 0 Å². The zero-order chi connectivity index (χ0) is 19.8. The quantitative estimate of drug-likeness (QED) is 0.581. The van der Waals surface area contributed by atoms with Crippen LogP contribution in [0.1, 0.15) is 19.4 Å². The number of hydrogen-bond donors (Lipinski definition) is 0. The molecular weight excluding hydrogens is 368 g/mol. The Kier molecular flexibility index (Phi) is 3.62. The van der Waals surface area contributed by atoms with Gasteiger partial charge in [0, 0.05) is 12.5 Å². The van der Waals surface area contributed by atoms with Crippen LogP contribution in [0.2, 0.25) is 0 Å². The molecule has 4 atom stereocenters. The van der Waals surface area contributed by atoms with Gasteiger partial charge in [-0.3, -0.25) is 4.79 Å². The highest BCUT2D eigenvalue weighted by Crippen LogP contribution is 2.68. The molecule has 1 aromatic carbocycles. The van der Waals surface area contributed by atoms with E-state index in [1.165, 1.54) is 19.2 Å². The lowest BCUT2D eigenvalue weighted by Gasteiger charge is -2.65. The number of hydrogen-bond acceptors (Lipinski definition) is 6. The first-order valence-corrected chi connectivity index (χ1v) is 10.1. The molecule has 0 radical (unpaired) electrons. The van der Waals surface area contributed by atoms with Gasteiger partial charge < -0.3 is 13.7 Å². The fourth-order valence-electron chi connectivity index (χ4n) is 4.58. The number of carbonyl (C=O) groups is 1. The van der Waals surface area contributed by atoms with Crippen LogP contribution < -0.4 is 0 Å². The number of rotatable bonds is 4. The third-order valence-corrected chi connectivity index (χ3v) is 7.68. The van der Waals surface area contributed by atoms with Crippen LogP contribution in [0.4, 0.5) is 0 Å². The molecule has 3 aliphatic carbocycles. The fourth-order valence-corrected chi connectivity index (χ4v) is 5.60. The molecule has 0 aromatic heterocycles. The molecule has 6 nitrogen and oxygen atoms in total. The molecule has 144 valence electrons. The van der Waals surface area contributed by atoms with E-state index in [0.29, 0.717) is 5.57 Å². The Labute approximate surface area is 158 Å². The van der Waals surface area contributed by atoms with Crippen molar-refractivity contribution in [3.8, 4) is 0 Å². The number of ether oxygens (including phenoxy) is 2. The van der Waals surface area contributed by atoms with Crippen LogP contribution in [0.25, 0.3) is 0 Å². The van der Waals surface area contributed by atoms with E-state index in [-0.39, 0.29) is 23.0 Å². The maximum absolute atomic E-state index is 13.0. The summed E-state index contributed by atoms with van der Waals surface area (Å²) >= 11 is 0. The van der Waals surface area contributed by atoms with Crippen LogP contribution in [0.3, 0.4) is 0 Å². The normalized spacial score (nSPS) is 37.5. The van der Waals surface area contributed by atoms with E-state index in [2.05, 4.69) is 6.58 Å². The summed E-state index contributed by atoms with van der Waals surface area (Å²) in [4.78, 5) is 13.1. The number of aryl methyl sites for hydroxylation is 1. The monoisotopic (exact) mass is 390 g/mol. The third kappa shape index (κ3) is 2.02. The number of carbonyl (C=O) groups excluding carboxylic acids is 1. The predicted molar refractivity (Wildman–Crippen MR) is 97.1 cm³/mol. The van der Waals surface area contributed by atoms with E-state index in [1.54, 1.807) is 25.1 Å². The third-order valence-electron chi connectivity index (χ3n) is 6.43. The topological polar surface area (TPSA) is 78.9 Å². The molecule has 3 fully saturated rings. The molecule has 2 saturated heterocycles. The molecule has 2 aliphatic heterocycles. The van der Waals surface area contributed by atoms with Crippen molar-refractivity contribution in [2.24, 2.45) is 16.7 Å². The molecule has 1 saturated carbocycles. The fraction of sp³-hybridized carbons (Fsp3) is 0.450. The van der Waals surface area contributed by atoms with Gasteiger partial charge in [-0.25, -0.2) is 0 Å². The summed E-state index contributed by atoms with van der Waals surface area (Å²) in [6, 6.07) is 6.38. The highest BCUT2D eigenvalue weighted by molar-refractivity contribution is 7.86. The van der Waals surface area contributed by atoms with Gasteiger partial charge in [0.15, 0.2) is 0 Å². The SMILES string of the molecule is C=C1C2(C)COC3(OC)C(=O)C2C=C(OS(=O)(=O)c2ccc(C)cc2)C13C. The van der Waals surface area contributed by atoms with Gasteiger partial charge in [0.25, 0.3) is 0 Å². The Morgan fingerprint density at radius 1 is 1.22 bits per heavy atom. The second kappa shape index (κ2) is 5.31. The van der Waals surface area contributed by atoms with Gasteiger partial charge in [-0.1, -0.05) is 31.2 Å². The maximum atomic E-state index is 13.0. The number of fused-ring (bicyclic) bond motifs is 1. The van der Waals surface area contributed by atoms with Crippen LogP contribution >= 0.6 is 0 Å². The molecule has 4 unspecified atom stereocenters. The number of benzene rings is 1. The zero-order valence-electron chi connectivity index (χ0n) is 15.7. The first-order chi connectivity index (χ1) is 12.5. The summed E-state index contributed by atoms with van der Waals surface area (Å²) < 4.78 is 42.6. The van der Waals surface area contributed by atoms with E-state index in [1.807, 2.05) is 13.8 Å². The maximum Gasteiger partial charge on any atom is 0.338 e. The van der Waals surface area contributed by atoms with Gasteiger partial charge in [-0.05, 0) is 37.6 Å². The van der Waals surface area contributed by atoms with Crippen molar-refractivity contribution >= 4 is 15.9 Å². The largest absolute Gasteiger partial charge is 0.383 e. The van der Waals surface area contributed by atoms with E-state index in [0.717, 1.165) is 5.56 Å². The summed E-state index contributed by atoms with van der Waals surface area (Å²) in [7, 11) is -2.70.